The van der Waals surface area contributed by atoms with Crippen LogP contribution in [-0.2, 0) is 30.2 Å². The maximum Gasteiger partial charge on any atom is 0.328 e. The minimum Gasteiger partial charge on any atom is -0.332 e. The van der Waals surface area contributed by atoms with E-state index >= 15 is 0 Å². The van der Waals surface area contributed by atoms with Crippen LogP contribution in [0.2, 0.25) is 0 Å². The zero-order valence-corrected chi connectivity index (χ0v) is 13.2. The molecule has 2 aromatic heterocycles. The van der Waals surface area contributed by atoms with Crippen LogP contribution >= 0.6 is 0 Å². The number of urea groups is 1. The molecule has 0 aliphatic heterocycles. The summed E-state index contributed by atoms with van der Waals surface area (Å²) in [5, 5.41) is 16.0. The second kappa shape index (κ2) is 7.29. The van der Waals surface area contributed by atoms with Gasteiger partial charge in [0, 0.05) is 7.05 Å². The molecule has 2 aromatic rings. The van der Waals surface area contributed by atoms with E-state index in [1.54, 1.807) is 4.72 Å². The van der Waals surface area contributed by atoms with Crippen molar-refractivity contribution in [1.29, 1.82) is 0 Å². The molecular weight excluding hydrogens is 350 g/mol. The predicted molar refractivity (Wildman–Crippen MR) is 75.1 cm³/mol. The van der Waals surface area contributed by atoms with Gasteiger partial charge >= 0.3 is 6.03 Å². The highest BCUT2D eigenvalue weighted by molar-refractivity contribution is 7.90. The zero-order valence-electron chi connectivity index (χ0n) is 12.4. The summed E-state index contributed by atoms with van der Waals surface area (Å²) in [4.78, 5) is 11.6. The van der Waals surface area contributed by atoms with Gasteiger partial charge in [0.05, 0.1) is 24.5 Å². The molecule has 2 N–H and O–H groups in total. The molecule has 0 saturated heterocycles. The van der Waals surface area contributed by atoms with Crippen LogP contribution in [0.3, 0.4) is 0 Å². The Hall–Kier alpha value is -2.64. The van der Waals surface area contributed by atoms with Crippen LogP contribution in [0.4, 0.5) is 13.6 Å². The molecule has 0 aromatic carbocycles. The van der Waals surface area contributed by atoms with E-state index in [1.165, 1.54) is 22.7 Å². The van der Waals surface area contributed by atoms with Crippen molar-refractivity contribution in [2.24, 2.45) is 7.05 Å². The van der Waals surface area contributed by atoms with Crippen molar-refractivity contribution in [2.75, 3.05) is 5.75 Å². The fourth-order valence-corrected chi connectivity index (χ4v) is 2.58. The van der Waals surface area contributed by atoms with Gasteiger partial charge in [-0.2, -0.15) is 5.10 Å². The Morgan fingerprint density at radius 3 is 2.75 bits per heavy atom. The molecule has 132 valence electrons. The first-order valence-corrected chi connectivity index (χ1v) is 8.22. The van der Waals surface area contributed by atoms with Gasteiger partial charge in [-0.15, -0.1) is 5.10 Å². The summed E-state index contributed by atoms with van der Waals surface area (Å²) in [5.41, 5.74) is -0.129. The number of sulfonamides is 1. The smallest absolute Gasteiger partial charge is 0.328 e. The molecule has 0 atom stereocenters. The summed E-state index contributed by atoms with van der Waals surface area (Å²) in [6.07, 6.45) is -1.50. The fourth-order valence-electron chi connectivity index (χ4n) is 1.70. The average molecular weight is 364 g/mol. The van der Waals surface area contributed by atoms with E-state index in [-0.39, 0.29) is 13.1 Å². The van der Waals surface area contributed by atoms with E-state index < -0.39 is 33.9 Å². The molecule has 0 aliphatic carbocycles. The van der Waals surface area contributed by atoms with Crippen molar-refractivity contribution in [3.05, 3.63) is 23.8 Å². The van der Waals surface area contributed by atoms with Gasteiger partial charge in [-0.25, -0.2) is 31.4 Å². The Kier molecular flexibility index (Phi) is 5.38. The summed E-state index contributed by atoms with van der Waals surface area (Å²) in [5.74, 6) is -0.410. The first-order valence-electron chi connectivity index (χ1n) is 6.57. The van der Waals surface area contributed by atoms with Gasteiger partial charge in [-0.1, -0.05) is 0 Å². The Bertz CT molecular complexity index is 789. The number of amides is 2. The minimum atomic E-state index is -3.90. The van der Waals surface area contributed by atoms with Crippen molar-refractivity contribution < 1.29 is 22.0 Å². The van der Waals surface area contributed by atoms with Crippen LogP contribution in [0.15, 0.2) is 12.4 Å². The maximum atomic E-state index is 12.5. The van der Waals surface area contributed by atoms with Crippen LogP contribution < -0.4 is 10.0 Å². The molecule has 2 rings (SSSR count). The van der Waals surface area contributed by atoms with E-state index in [0.29, 0.717) is 5.69 Å². The number of aryl methyl sites for hydroxylation is 2. The largest absolute Gasteiger partial charge is 0.332 e. The standard InChI is InChI=1S/C10H14F2N8O3S/c1-19-7(4-8(15-19)9(11)12)5-13-10(21)16-24(22,23)3-2-20-6-14-17-18-20/h4,6,9H,2-3,5H2,1H3,(H2,13,16,21). The molecule has 0 bridgehead atoms. The fraction of sp³-hybridized carbons (Fsp3) is 0.500. The molecule has 24 heavy (non-hydrogen) atoms. The van der Waals surface area contributed by atoms with Gasteiger partial charge in [-0.05, 0) is 16.5 Å². The molecule has 0 aliphatic rings. The van der Waals surface area contributed by atoms with Crippen LogP contribution in [0.5, 0.6) is 0 Å². The minimum absolute atomic E-state index is 0.0326. The molecule has 14 heteroatoms. The molecular formula is C10H14F2N8O3S. The predicted octanol–water partition coefficient (Wildman–Crippen LogP) is -0.827. The molecule has 0 spiro atoms. The monoisotopic (exact) mass is 364 g/mol. The van der Waals surface area contributed by atoms with Gasteiger partial charge in [0.15, 0.2) is 0 Å². The zero-order chi connectivity index (χ0) is 17.7. The van der Waals surface area contributed by atoms with E-state index in [0.717, 1.165) is 6.07 Å². The van der Waals surface area contributed by atoms with E-state index in [1.807, 2.05) is 0 Å². The van der Waals surface area contributed by atoms with Crippen molar-refractivity contribution in [2.45, 2.75) is 19.5 Å². The SMILES string of the molecule is Cn1nc(C(F)F)cc1CNC(=O)NS(=O)(=O)CCn1cnnn1. The second-order valence-corrected chi connectivity index (χ2v) is 6.50. The van der Waals surface area contributed by atoms with Gasteiger partial charge in [-0.3, -0.25) is 4.68 Å². The topological polar surface area (TPSA) is 137 Å². The van der Waals surface area contributed by atoms with Gasteiger partial charge in [0.2, 0.25) is 10.0 Å². The lowest BCUT2D eigenvalue weighted by Gasteiger charge is -2.08. The number of aromatic nitrogens is 6. The Labute approximate surface area is 135 Å². The molecule has 2 amide bonds. The highest BCUT2D eigenvalue weighted by Gasteiger charge is 2.17. The van der Waals surface area contributed by atoms with Crippen molar-refractivity contribution in [3.63, 3.8) is 0 Å². The Balaban J connectivity index is 1.84. The summed E-state index contributed by atoms with van der Waals surface area (Å²) in [6.45, 7) is -0.195. The van der Waals surface area contributed by atoms with Crippen LogP contribution in [-0.4, -0.2) is 50.2 Å². The lowest BCUT2D eigenvalue weighted by atomic mass is 10.3. The van der Waals surface area contributed by atoms with Crippen molar-refractivity contribution in [1.82, 2.24) is 40.0 Å². The third-order valence-corrected chi connectivity index (χ3v) is 4.09. The molecule has 0 unspecified atom stereocenters. The second-order valence-electron chi connectivity index (χ2n) is 4.66. The number of rotatable bonds is 7. The number of halogens is 2. The van der Waals surface area contributed by atoms with Gasteiger partial charge in [0.25, 0.3) is 6.43 Å². The number of nitrogens with one attached hydrogen (secondary N) is 2. The molecule has 0 radical (unpaired) electrons. The number of carbonyl (C=O) groups excluding carboxylic acids is 1. The van der Waals surface area contributed by atoms with Crippen LogP contribution in [0.1, 0.15) is 17.8 Å². The quantitative estimate of drug-likeness (QED) is 0.654. The lowest BCUT2D eigenvalue weighted by Crippen LogP contribution is -2.41. The third-order valence-electron chi connectivity index (χ3n) is 2.88. The highest BCUT2D eigenvalue weighted by atomic mass is 32.2. The average Bonchev–Trinajstić information content (AvgIpc) is 3.12. The molecule has 0 saturated carbocycles. The molecule has 0 fully saturated rings. The number of hydrogen-bond donors (Lipinski definition) is 2. The van der Waals surface area contributed by atoms with Gasteiger partial charge < -0.3 is 5.32 Å². The number of tetrazole rings is 1. The summed E-state index contributed by atoms with van der Waals surface area (Å²) in [6, 6.07) is 0.142. The number of nitrogens with zero attached hydrogens (tertiary/aromatic N) is 6. The first kappa shape index (κ1) is 17.7. The summed E-state index contributed by atoms with van der Waals surface area (Å²) in [7, 11) is -2.47. The lowest BCUT2D eigenvalue weighted by molar-refractivity contribution is 0.145. The van der Waals surface area contributed by atoms with Crippen molar-refractivity contribution >= 4 is 16.1 Å². The summed E-state index contributed by atoms with van der Waals surface area (Å²) < 4.78 is 52.7. The van der Waals surface area contributed by atoms with E-state index in [2.05, 4.69) is 25.9 Å². The number of alkyl halides is 2. The Morgan fingerprint density at radius 2 is 2.17 bits per heavy atom. The van der Waals surface area contributed by atoms with E-state index in [9.17, 15) is 22.0 Å². The Morgan fingerprint density at radius 1 is 1.42 bits per heavy atom. The number of hydrogen-bond acceptors (Lipinski definition) is 7. The van der Waals surface area contributed by atoms with Crippen molar-refractivity contribution in [3.8, 4) is 0 Å². The highest BCUT2D eigenvalue weighted by Crippen LogP contribution is 2.17. The maximum absolute atomic E-state index is 12.5. The number of carbonyl (C=O) groups is 1. The normalized spacial score (nSPS) is 11.7. The third kappa shape index (κ3) is 4.94. The van der Waals surface area contributed by atoms with Crippen LogP contribution in [0.25, 0.3) is 0 Å². The summed E-state index contributed by atoms with van der Waals surface area (Å²) >= 11 is 0. The molecule has 2 heterocycles. The first-order chi connectivity index (χ1) is 11.3. The van der Waals surface area contributed by atoms with E-state index in [4.69, 9.17) is 0 Å². The van der Waals surface area contributed by atoms with Crippen LogP contribution in [0, 0.1) is 0 Å². The molecule has 11 nitrogen and oxygen atoms in total. The van der Waals surface area contributed by atoms with Gasteiger partial charge in [0.1, 0.15) is 12.0 Å².